The Morgan fingerprint density at radius 1 is 1.21 bits per heavy atom. The fourth-order valence-electron chi connectivity index (χ4n) is 3.09. The number of hydrogen-bond acceptors (Lipinski definition) is 3. The summed E-state index contributed by atoms with van der Waals surface area (Å²) in [5.41, 5.74) is 4.60. The molecule has 0 saturated heterocycles. The molecule has 1 aromatic rings. The van der Waals surface area contributed by atoms with Crippen molar-refractivity contribution in [3.8, 4) is 0 Å². The summed E-state index contributed by atoms with van der Waals surface area (Å²) in [6.45, 7) is 4.26. The predicted molar refractivity (Wildman–Crippen MR) is 78.5 cm³/mol. The summed E-state index contributed by atoms with van der Waals surface area (Å²) in [7, 11) is 4.10. The maximum absolute atomic E-state index is 10.8. The summed E-state index contributed by atoms with van der Waals surface area (Å²) in [6.07, 6.45) is 5.97. The monoisotopic (exact) mass is 258 g/mol. The summed E-state index contributed by atoms with van der Waals surface area (Å²) in [5.74, 6) is 0. The first kappa shape index (κ1) is 13.8. The third-order valence-corrected chi connectivity index (χ3v) is 4.35. The van der Waals surface area contributed by atoms with Gasteiger partial charge in [0.1, 0.15) is 0 Å². The van der Waals surface area contributed by atoms with Crippen LogP contribution in [0.25, 0.3) is 0 Å². The second kappa shape index (κ2) is 5.18. The van der Waals surface area contributed by atoms with Crippen molar-refractivity contribution in [1.82, 2.24) is 0 Å². The van der Waals surface area contributed by atoms with E-state index in [1.165, 1.54) is 22.4 Å². The van der Waals surface area contributed by atoms with E-state index in [1.807, 2.05) is 0 Å². The third kappa shape index (κ3) is 2.43. The van der Waals surface area contributed by atoms with E-state index in [0.717, 1.165) is 25.7 Å². The lowest BCUT2D eigenvalue weighted by Gasteiger charge is -2.27. The average Bonchev–Trinajstić information content (AvgIpc) is 2.82. The third-order valence-electron chi connectivity index (χ3n) is 4.35. The Morgan fingerprint density at radius 2 is 1.84 bits per heavy atom. The highest BCUT2D eigenvalue weighted by Gasteiger charge is 2.36. The van der Waals surface area contributed by atoms with E-state index in [4.69, 9.17) is 0 Å². The van der Waals surface area contributed by atoms with Crippen LogP contribution >= 0.6 is 0 Å². The average molecular weight is 258 g/mol. The molecule has 0 atom stereocenters. The Morgan fingerprint density at radius 3 is 2.37 bits per heavy atom. The SMILES string of the molecule is Cc1cc(C2(N=C=O)CCCC2)cc(N(C)C)c1C. The van der Waals surface area contributed by atoms with E-state index in [2.05, 4.69) is 50.0 Å². The van der Waals surface area contributed by atoms with Gasteiger partial charge in [0.15, 0.2) is 0 Å². The van der Waals surface area contributed by atoms with Gasteiger partial charge >= 0.3 is 0 Å². The number of carbonyl (C=O) groups excluding carboxylic acids is 1. The summed E-state index contributed by atoms with van der Waals surface area (Å²) in [5, 5.41) is 0. The standard InChI is InChI=1S/C16H22N2O/c1-12-9-14(10-15(13(12)2)18(3)4)16(17-11-19)7-5-6-8-16/h9-10H,5-8H2,1-4H3. The number of nitrogens with zero attached hydrogens (tertiary/aromatic N) is 2. The second-order valence-corrected chi connectivity index (χ2v) is 5.77. The van der Waals surface area contributed by atoms with Crippen molar-refractivity contribution in [1.29, 1.82) is 0 Å². The predicted octanol–water partition coefficient (Wildman–Crippen LogP) is 3.47. The molecule has 1 saturated carbocycles. The van der Waals surface area contributed by atoms with Gasteiger partial charge in [0.2, 0.25) is 6.08 Å². The molecule has 0 heterocycles. The van der Waals surface area contributed by atoms with Crippen LogP contribution in [0.1, 0.15) is 42.4 Å². The summed E-state index contributed by atoms with van der Waals surface area (Å²) in [6, 6.07) is 4.38. The van der Waals surface area contributed by atoms with Crippen LogP contribution in [0.4, 0.5) is 5.69 Å². The van der Waals surface area contributed by atoms with E-state index in [1.54, 1.807) is 6.08 Å². The molecular formula is C16H22N2O. The molecule has 0 spiro atoms. The molecule has 1 fully saturated rings. The molecule has 0 unspecified atom stereocenters. The number of benzene rings is 1. The van der Waals surface area contributed by atoms with Crippen molar-refractivity contribution in [2.24, 2.45) is 4.99 Å². The van der Waals surface area contributed by atoms with E-state index >= 15 is 0 Å². The zero-order valence-electron chi connectivity index (χ0n) is 12.3. The first-order valence-corrected chi connectivity index (χ1v) is 6.88. The molecule has 0 radical (unpaired) electrons. The summed E-state index contributed by atoms with van der Waals surface area (Å²) < 4.78 is 0. The van der Waals surface area contributed by atoms with Crippen molar-refractivity contribution in [3.63, 3.8) is 0 Å². The number of aliphatic imine (C=N–C) groups is 1. The highest BCUT2D eigenvalue weighted by molar-refractivity contribution is 5.58. The minimum atomic E-state index is -0.328. The van der Waals surface area contributed by atoms with Crippen LogP contribution in [0, 0.1) is 13.8 Å². The van der Waals surface area contributed by atoms with E-state index < -0.39 is 0 Å². The Labute approximate surface area is 115 Å². The number of isocyanates is 1. The minimum Gasteiger partial charge on any atom is -0.377 e. The van der Waals surface area contributed by atoms with Crippen LogP contribution in [0.5, 0.6) is 0 Å². The molecule has 0 bridgehead atoms. The fraction of sp³-hybridized carbons (Fsp3) is 0.562. The molecule has 0 amide bonds. The molecule has 0 aliphatic heterocycles. The summed E-state index contributed by atoms with van der Waals surface area (Å²) >= 11 is 0. The van der Waals surface area contributed by atoms with Crippen LogP contribution in [-0.2, 0) is 10.3 Å². The molecule has 0 N–H and O–H groups in total. The van der Waals surface area contributed by atoms with Crippen molar-refractivity contribution in [3.05, 3.63) is 28.8 Å². The van der Waals surface area contributed by atoms with E-state index in [9.17, 15) is 4.79 Å². The first-order valence-electron chi connectivity index (χ1n) is 6.88. The number of hydrogen-bond donors (Lipinski definition) is 0. The van der Waals surface area contributed by atoms with E-state index in [0.29, 0.717) is 0 Å². The van der Waals surface area contributed by atoms with Gasteiger partial charge in [-0.3, -0.25) is 0 Å². The molecular weight excluding hydrogens is 236 g/mol. The lowest BCUT2D eigenvalue weighted by Crippen LogP contribution is -2.21. The Balaban J connectivity index is 2.58. The largest absolute Gasteiger partial charge is 0.377 e. The van der Waals surface area contributed by atoms with Gasteiger partial charge in [0, 0.05) is 19.8 Å². The van der Waals surface area contributed by atoms with Crippen LogP contribution in [0.15, 0.2) is 17.1 Å². The number of anilines is 1. The molecule has 2 rings (SSSR count). The topological polar surface area (TPSA) is 32.7 Å². The molecule has 3 nitrogen and oxygen atoms in total. The maximum Gasteiger partial charge on any atom is 0.235 e. The van der Waals surface area contributed by atoms with Gasteiger partial charge in [0.05, 0.1) is 5.54 Å². The zero-order valence-corrected chi connectivity index (χ0v) is 12.3. The minimum absolute atomic E-state index is 0.328. The van der Waals surface area contributed by atoms with Crippen LogP contribution in [0.3, 0.4) is 0 Å². The zero-order chi connectivity index (χ0) is 14.0. The molecule has 19 heavy (non-hydrogen) atoms. The maximum atomic E-state index is 10.8. The highest BCUT2D eigenvalue weighted by Crippen LogP contribution is 2.43. The van der Waals surface area contributed by atoms with Gasteiger partial charge in [-0.05, 0) is 49.4 Å². The van der Waals surface area contributed by atoms with Gasteiger partial charge in [-0.2, -0.15) is 4.99 Å². The van der Waals surface area contributed by atoms with Gasteiger partial charge in [-0.15, -0.1) is 0 Å². The smallest absolute Gasteiger partial charge is 0.235 e. The molecule has 1 aromatic carbocycles. The Hall–Kier alpha value is -1.60. The molecule has 3 heteroatoms. The van der Waals surface area contributed by atoms with E-state index in [-0.39, 0.29) is 5.54 Å². The lowest BCUT2D eigenvalue weighted by atomic mass is 9.86. The number of rotatable bonds is 3. The van der Waals surface area contributed by atoms with Gasteiger partial charge in [-0.1, -0.05) is 18.9 Å². The van der Waals surface area contributed by atoms with Crippen molar-refractivity contribution in [2.75, 3.05) is 19.0 Å². The Kier molecular flexibility index (Phi) is 3.77. The fourth-order valence-corrected chi connectivity index (χ4v) is 3.09. The van der Waals surface area contributed by atoms with Gasteiger partial charge in [0.25, 0.3) is 0 Å². The number of aryl methyl sites for hydroxylation is 1. The van der Waals surface area contributed by atoms with Gasteiger partial charge < -0.3 is 4.90 Å². The van der Waals surface area contributed by atoms with Crippen LogP contribution in [0.2, 0.25) is 0 Å². The first-order chi connectivity index (χ1) is 9.00. The molecule has 0 aromatic heterocycles. The second-order valence-electron chi connectivity index (χ2n) is 5.77. The quantitative estimate of drug-likeness (QED) is 0.614. The van der Waals surface area contributed by atoms with Gasteiger partial charge in [-0.25, -0.2) is 4.79 Å². The summed E-state index contributed by atoms with van der Waals surface area (Å²) in [4.78, 5) is 17.1. The van der Waals surface area contributed by atoms with Crippen LogP contribution in [-0.4, -0.2) is 20.2 Å². The van der Waals surface area contributed by atoms with Crippen LogP contribution < -0.4 is 4.90 Å². The lowest BCUT2D eigenvalue weighted by molar-refractivity contribution is 0.455. The molecule has 102 valence electrons. The molecule has 1 aliphatic carbocycles. The Bertz CT molecular complexity index is 522. The highest BCUT2D eigenvalue weighted by atomic mass is 16.1. The van der Waals surface area contributed by atoms with Crippen molar-refractivity contribution < 1.29 is 4.79 Å². The normalized spacial score (nSPS) is 17.1. The molecule has 1 aliphatic rings. The van der Waals surface area contributed by atoms with Crippen molar-refractivity contribution >= 4 is 11.8 Å². The van der Waals surface area contributed by atoms with Crippen molar-refractivity contribution in [2.45, 2.75) is 45.1 Å².